The van der Waals surface area contributed by atoms with E-state index in [1.165, 1.54) is 11.1 Å². The van der Waals surface area contributed by atoms with E-state index >= 15 is 4.39 Å². The van der Waals surface area contributed by atoms with Gasteiger partial charge < -0.3 is 10.2 Å². The molecule has 2 N–H and O–H groups in total. The highest BCUT2D eigenvalue weighted by Gasteiger charge is 2.41. The number of pyridine rings is 1. The maximum Gasteiger partial charge on any atom is 0.256 e. The van der Waals surface area contributed by atoms with Crippen LogP contribution in [-0.2, 0) is 21.8 Å². The highest BCUT2D eigenvalue weighted by Crippen LogP contribution is 2.36. The van der Waals surface area contributed by atoms with Gasteiger partial charge in [0.1, 0.15) is 6.04 Å². The summed E-state index contributed by atoms with van der Waals surface area (Å²) in [6.07, 6.45) is 2.64. The summed E-state index contributed by atoms with van der Waals surface area (Å²) in [6, 6.07) is 0.990. The summed E-state index contributed by atoms with van der Waals surface area (Å²) in [7, 11) is 0. The van der Waals surface area contributed by atoms with Crippen LogP contribution in [0, 0.1) is 0 Å². The molecule has 1 aromatic rings. The van der Waals surface area contributed by atoms with Crippen LogP contribution in [-0.4, -0.2) is 46.7 Å². The van der Waals surface area contributed by atoms with Crippen LogP contribution in [0.15, 0.2) is 12.3 Å². The standard InChI is InChI=1S/C17H19FN4O3/c18-17(3-5-19-6-4-17)13-7-10-9-22(16(25)11(10)8-20-13)12-1-2-14(23)21-15(12)24/h7-8,12,19H,1-6,9H2,(H,21,23,24). The molecule has 3 aliphatic heterocycles. The zero-order chi connectivity index (χ0) is 17.6. The molecule has 2 saturated heterocycles. The van der Waals surface area contributed by atoms with E-state index in [9.17, 15) is 14.4 Å². The zero-order valence-electron chi connectivity index (χ0n) is 13.7. The molecule has 2 fully saturated rings. The van der Waals surface area contributed by atoms with Crippen molar-refractivity contribution in [2.75, 3.05) is 13.1 Å². The second kappa shape index (κ2) is 5.87. The normalized spacial score (nSPS) is 25.7. The number of rotatable bonds is 2. The van der Waals surface area contributed by atoms with Crippen molar-refractivity contribution in [2.45, 2.75) is 43.9 Å². The van der Waals surface area contributed by atoms with Gasteiger partial charge in [-0.25, -0.2) is 4.39 Å². The minimum Gasteiger partial charge on any atom is -0.322 e. The molecule has 0 aliphatic carbocycles. The first-order valence-electron chi connectivity index (χ1n) is 8.52. The lowest BCUT2D eigenvalue weighted by Gasteiger charge is -2.29. The molecule has 0 radical (unpaired) electrons. The Morgan fingerprint density at radius 3 is 2.72 bits per heavy atom. The largest absolute Gasteiger partial charge is 0.322 e. The van der Waals surface area contributed by atoms with E-state index in [1.807, 2.05) is 0 Å². The van der Waals surface area contributed by atoms with Crippen LogP contribution in [0.2, 0.25) is 0 Å². The molecule has 0 spiro atoms. The van der Waals surface area contributed by atoms with E-state index in [2.05, 4.69) is 15.6 Å². The molecule has 1 unspecified atom stereocenters. The maximum absolute atomic E-state index is 15.1. The average molecular weight is 346 g/mol. The SMILES string of the molecule is O=C1CCC(N2Cc3cc(C4(F)CCNCC4)ncc3C2=O)C(=O)N1. The Bertz CT molecular complexity index is 760. The van der Waals surface area contributed by atoms with Gasteiger partial charge in [-0.1, -0.05) is 0 Å². The van der Waals surface area contributed by atoms with Crippen molar-refractivity contribution in [1.82, 2.24) is 20.5 Å². The third kappa shape index (κ3) is 2.70. The Balaban J connectivity index is 1.59. The molecule has 3 aliphatic rings. The smallest absolute Gasteiger partial charge is 0.256 e. The highest BCUT2D eigenvalue weighted by atomic mass is 19.1. The number of fused-ring (bicyclic) bond motifs is 1. The molecule has 1 aromatic heterocycles. The molecular formula is C17H19FN4O3. The highest BCUT2D eigenvalue weighted by molar-refractivity contribution is 6.05. The van der Waals surface area contributed by atoms with Gasteiger partial charge in [0, 0.05) is 19.2 Å². The number of imide groups is 1. The molecular weight excluding hydrogens is 327 g/mol. The number of carbonyl (C=O) groups is 3. The lowest BCUT2D eigenvalue weighted by molar-refractivity contribution is -0.136. The molecule has 0 bridgehead atoms. The minimum atomic E-state index is -1.48. The Kier molecular flexibility index (Phi) is 3.79. The van der Waals surface area contributed by atoms with Gasteiger partial charge in [-0.3, -0.25) is 24.7 Å². The number of alkyl halides is 1. The number of carbonyl (C=O) groups excluding carboxylic acids is 3. The number of hydrogen-bond acceptors (Lipinski definition) is 5. The second-order valence-corrected chi connectivity index (χ2v) is 6.84. The predicted molar refractivity (Wildman–Crippen MR) is 85.2 cm³/mol. The molecule has 8 heteroatoms. The molecule has 25 heavy (non-hydrogen) atoms. The molecule has 1 atom stereocenters. The van der Waals surface area contributed by atoms with Crippen LogP contribution in [0.5, 0.6) is 0 Å². The number of piperidine rings is 2. The monoisotopic (exact) mass is 346 g/mol. The van der Waals surface area contributed by atoms with Crippen molar-refractivity contribution < 1.29 is 18.8 Å². The summed E-state index contributed by atoms with van der Waals surface area (Å²) in [5.41, 5.74) is -0.0299. The van der Waals surface area contributed by atoms with E-state index in [4.69, 9.17) is 0 Å². The quantitative estimate of drug-likeness (QED) is 0.756. The van der Waals surface area contributed by atoms with Gasteiger partial charge >= 0.3 is 0 Å². The van der Waals surface area contributed by atoms with Gasteiger partial charge in [0.2, 0.25) is 11.8 Å². The van der Waals surface area contributed by atoms with Gasteiger partial charge in [-0.15, -0.1) is 0 Å². The van der Waals surface area contributed by atoms with Crippen LogP contribution in [0.4, 0.5) is 4.39 Å². The van der Waals surface area contributed by atoms with Crippen LogP contribution in [0.1, 0.15) is 47.3 Å². The summed E-state index contributed by atoms with van der Waals surface area (Å²) < 4.78 is 15.1. The van der Waals surface area contributed by atoms with Crippen molar-refractivity contribution in [2.24, 2.45) is 0 Å². The molecule has 0 aromatic carbocycles. The van der Waals surface area contributed by atoms with Gasteiger partial charge in [-0.2, -0.15) is 0 Å². The Labute approximate surface area is 144 Å². The maximum atomic E-state index is 15.1. The first kappa shape index (κ1) is 16.1. The van der Waals surface area contributed by atoms with Crippen LogP contribution < -0.4 is 10.6 Å². The summed E-state index contributed by atoms with van der Waals surface area (Å²) in [5, 5.41) is 5.39. The third-order valence-corrected chi connectivity index (χ3v) is 5.26. The fourth-order valence-corrected chi connectivity index (χ4v) is 3.79. The van der Waals surface area contributed by atoms with Gasteiger partial charge in [0.15, 0.2) is 5.67 Å². The number of nitrogens with one attached hydrogen (secondary N) is 2. The van der Waals surface area contributed by atoms with E-state index in [0.717, 1.165) is 0 Å². The Morgan fingerprint density at radius 2 is 2.00 bits per heavy atom. The molecule has 3 amide bonds. The Morgan fingerprint density at radius 1 is 1.24 bits per heavy atom. The Hall–Kier alpha value is -2.35. The van der Waals surface area contributed by atoms with Crippen molar-refractivity contribution in [3.63, 3.8) is 0 Å². The number of nitrogens with zero attached hydrogens (tertiary/aromatic N) is 2. The van der Waals surface area contributed by atoms with Crippen LogP contribution in [0.25, 0.3) is 0 Å². The molecule has 132 valence electrons. The van der Waals surface area contributed by atoms with Crippen molar-refractivity contribution >= 4 is 17.7 Å². The fourth-order valence-electron chi connectivity index (χ4n) is 3.79. The first-order chi connectivity index (χ1) is 12.0. The molecule has 0 saturated carbocycles. The van der Waals surface area contributed by atoms with Gasteiger partial charge in [0.05, 0.1) is 11.3 Å². The number of halogens is 1. The average Bonchev–Trinajstić information content (AvgIpc) is 2.92. The minimum absolute atomic E-state index is 0.209. The third-order valence-electron chi connectivity index (χ3n) is 5.26. The topological polar surface area (TPSA) is 91.4 Å². The summed E-state index contributed by atoms with van der Waals surface area (Å²) in [4.78, 5) is 41.6. The number of amides is 3. The van der Waals surface area contributed by atoms with Crippen LogP contribution >= 0.6 is 0 Å². The van der Waals surface area contributed by atoms with Gasteiger partial charge in [0.25, 0.3) is 5.91 Å². The lowest BCUT2D eigenvalue weighted by Crippen LogP contribution is -2.52. The first-order valence-corrected chi connectivity index (χ1v) is 8.52. The number of hydrogen-bond donors (Lipinski definition) is 2. The van der Waals surface area contributed by atoms with E-state index in [-0.39, 0.29) is 24.8 Å². The van der Waals surface area contributed by atoms with Gasteiger partial charge in [-0.05, 0) is 44.0 Å². The van der Waals surface area contributed by atoms with Crippen molar-refractivity contribution in [1.29, 1.82) is 0 Å². The fraction of sp³-hybridized carbons (Fsp3) is 0.529. The number of aromatic nitrogens is 1. The van der Waals surface area contributed by atoms with Crippen molar-refractivity contribution in [3.8, 4) is 0 Å². The molecule has 4 heterocycles. The van der Waals surface area contributed by atoms with E-state index in [0.29, 0.717) is 49.2 Å². The predicted octanol–water partition coefficient (Wildman–Crippen LogP) is 0.391. The summed E-state index contributed by atoms with van der Waals surface area (Å²) in [5.74, 6) is -1.06. The van der Waals surface area contributed by atoms with Crippen molar-refractivity contribution in [3.05, 3.63) is 29.1 Å². The molecule has 4 rings (SSSR count). The molecule has 7 nitrogen and oxygen atoms in total. The van der Waals surface area contributed by atoms with E-state index in [1.54, 1.807) is 6.07 Å². The summed E-state index contributed by atoms with van der Waals surface area (Å²) in [6.45, 7) is 1.43. The lowest BCUT2D eigenvalue weighted by atomic mass is 9.89. The summed E-state index contributed by atoms with van der Waals surface area (Å²) >= 11 is 0. The van der Waals surface area contributed by atoms with E-state index < -0.39 is 17.6 Å². The second-order valence-electron chi connectivity index (χ2n) is 6.84. The van der Waals surface area contributed by atoms with Crippen LogP contribution in [0.3, 0.4) is 0 Å². The zero-order valence-corrected chi connectivity index (χ0v) is 13.7.